The number of halogens is 2. The van der Waals surface area contributed by atoms with E-state index in [1.54, 1.807) is 30.0 Å². The number of anilines is 1. The highest BCUT2D eigenvalue weighted by molar-refractivity contribution is 6.42. The molecule has 108 valence electrons. The predicted molar refractivity (Wildman–Crippen MR) is 80.5 cm³/mol. The topological polar surface area (TPSA) is 49.4 Å². The number of rotatable bonds is 3. The van der Waals surface area contributed by atoms with E-state index in [9.17, 15) is 9.59 Å². The fraction of sp³-hybridized carbons (Fsp3) is 0.429. The molecular formula is C14H16Cl2N2O2. The monoisotopic (exact) mass is 314 g/mol. The van der Waals surface area contributed by atoms with Crippen molar-refractivity contribution in [2.75, 3.05) is 11.9 Å². The first kappa shape index (κ1) is 15.1. The first-order valence-electron chi connectivity index (χ1n) is 6.49. The third-order valence-corrected chi connectivity index (χ3v) is 4.07. The molecule has 1 aromatic rings. The van der Waals surface area contributed by atoms with E-state index in [2.05, 4.69) is 5.32 Å². The van der Waals surface area contributed by atoms with Gasteiger partial charge in [0, 0.05) is 24.7 Å². The molecule has 2 amide bonds. The highest BCUT2D eigenvalue weighted by Crippen LogP contribution is 2.26. The van der Waals surface area contributed by atoms with E-state index in [1.807, 2.05) is 0 Å². The summed E-state index contributed by atoms with van der Waals surface area (Å²) in [6, 6.07) is 4.73. The first-order chi connectivity index (χ1) is 9.47. The van der Waals surface area contributed by atoms with Crippen LogP contribution in [0.25, 0.3) is 0 Å². The summed E-state index contributed by atoms with van der Waals surface area (Å²) in [5.41, 5.74) is 0.595. The van der Waals surface area contributed by atoms with Crippen LogP contribution < -0.4 is 5.32 Å². The molecule has 1 saturated heterocycles. The van der Waals surface area contributed by atoms with Crippen molar-refractivity contribution in [3.63, 3.8) is 0 Å². The molecule has 2 rings (SSSR count). The smallest absolute Gasteiger partial charge is 0.321 e. The van der Waals surface area contributed by atoms with Gasteiger partial charge in [-0.15, -0.1) is 0 Å². The van der Waals surface area contributed by atoms with Gasteiger partial charge in [-0.05, 0) is 38.0 Å². The van der Waals surface area contributed by atoms with Crippen LogP contribution in [0.2, 0.25) is 10.0 Å². The van der Waals surface area contributed by atoms with Crippen LogP contribution in [0.4, 0.5) is 10.5 Å². The quantitative estimate of drug-likeness (QED) is 0.917. The summed E-state index contributed by atoms with van der Waals surface area (Å²) < 4.78 is 0. The van der Waals surface area contributed by atoms with Crippen LogP contribution in [0.1, 0.15) is 26.2 Å². The predicted octanol–water partition coefficient (Wildman–Crippen LogP) is 3.97. The Bertz CT molecular complexity index is 534. The fourth-order valence-corrected chi connectivity index (χ4v) is 2.71. The summed E-state index contributed by atoms with van der Waals surface area (Å²) in [7, 11) is 0. The lowest BCUT2D eigenvalue weighted by Gasteiger charge is -2.24. The Balaban J connectivity index is 2.03. The Hall–Kier alpha value is -1.26. The van der Waals surface area contributed by atoms with Crippen LogP contribution >= 0.6 is 23.2 Å². The number of nitrogens with one attached hydrogen (secondary N) is 1. The second-order valence-electron chi connectivity index (χ2n) is 4.95. The lowest BCUT2D eigenvalue weighted by Crippen LogP contribution is -2.39. The largest absolute Gasteiger partial charge is 0.322 e. The van der Waals surface area contributed by atoms with Gasteiger partial charge in [-0.2, -0.15) is 0 Å². The molecule has 0 aliphatic carbocycles. The minimum absolute atomic E-state index is 0.00438. The lowest BCUT2D eigenvalue weighted by molar-refractivity contribution is -0.117. The molecule has 1 heterocycles. The summed E-state index contributed by atoms with van der Waals surface area (Å²) in [6.45, 7) is 2.22. The number of urea groups is 1. The Morgan fingerprint density at radius 3 is 2.75 bits per heavy atom. The highest BCUT2D eigenvalue weighted by atomic mass is 35.5. The van der Waals surface area contributed by atoms with Crippen LogP contribution in [0.15, 0.2) is 18.2 Å². The lowest BCUT2D eigenvalue weighted by atomic mass is 10.1. The number of Topliss-reactive ketones (excluding diaryl/α,β-unsaturated/α-hetero) is 1. The van der Waals surface area contributed by atoms with Gasteiger partial charge in [0.25, 0.3) is 0 Å². The molecule has 0 saturated carbocycles. The maximum Gasteiger partial charge on any atom is 0.322 e. The van der Waals surface area contributed by atoms with Crippen molar-refractivity contribution >= 4 is 40.7 Å². The van der Waals surface area contributed by atoms with Gasteiger partial charge in [0.2, 0.25) is 0 Å². The summed E-state index contributed by atoms with van der Waals surface area (Å²) in [5.74, 6) is 0.101. The summed E-state index contributed by atoms with van der Waals surface area (Å²) in [4.78, 5) is 25.2. The second kappa shape index (κ2) is 6.46. The molecule has 1 unspecified atom stereocenters. The van der Waals surface area contributed by atoms with Crippen molar-refractivity contribution in [3.8, 4) is 0 Å². The maximum atomic E-state index is 12.2. The second-order valence-corrected chi connectivity index (χ2v) is 5.77. The van der Waals surface area contributed by atoms with E-state index in [4.69, 9.17) is 23.2 Å². The molecule has 0 aromatic heterocycles. The first-order valence-corrected chi connectivity index (χ1v) is 7.25. The number of nitrogens with zero attached hydrogens (tertiary/aromatic N) is 1. The van der Waals surface area contributed by atoms with Gasteiger partial charge in [0.15, 0.2) is 0 Å². The van der Waals surface area contributed by atoms with Crippen LogP contribution in [-0.4, -0.2) is 29.3 Å². The molecule has 1 N–H and O–H groups in total. The molecule has 6 heteroatoms. The molecule has 20 heavy (non-hydrogen) atoms. The molecule has 1 fully saturated rings. The van der Waals surface area contributed by atoms with Crippen LogP contribution in [-0.2, 0) is 4.79 Å². The Kier molecular flexibility index (Phi) is 4.89. The zero-order valence-electron chi connectivity index (χ0n) is 11.2. The van der Waals surface area contributed by atoms with Gasteiger partial charge in [0.05, 0.1) is 10.0 Å². The number of carbonyl (C=O) groups excluding carboxylic acids is 2. The normalized spacial score (nSPS) is 18.1. The number of benzene rings is 1. The molecule has 0 spiro atoms. The minimum atomic E-state index is -0.202. The Morgan fingerprint density at radius 1 is 1.35 bits per heavy atom. The van der Waals surface area contributed by atoms with E-state index < -0.39 is 0 Å². The zero-order chi connectivity index (χ0) is 14.7. The average molecular weight is 315 g/mol. The van der Waals surface area contributed by atoms with Crippen LogP contribution in [0.3, 0.4) is 0 Å². The van der Waals surface area contributed by atoms with Crippen molar-refractivity contribution in [3.05, 3.63) is 28.2 Å². The van der Waals surface area contributed by atoms with Crippen molar-refractivity contribution in [2.45, 2.75) is 32.2 Å². The third-order valence-electron chi connectivity index (χ3n) is 3.33. The Labute approximate surface area is 128 Å². The van der Waals surface area contributed by atoms with Gasteiger partial charge in [-0.1, -0.05) is 23.2 Å². The van der Waals surface area contributed by atoms with E-state index in [0.717, 1.165) is 12.8 Å². The van der Waals surface area contributed by atoms with Gasteiger partial charge in [-0.25, -0.2) is 4.79 Å². The maximum absolute atomic E-state index is 12.2. The summed E-state index contributed by atoms with van der Waals surface area (Å²) in [5, 5.41) is 3.63. The van der Waals surface area contributed by atoms with E-state index in [1.165, 1.54) is 0 Å². The van der Waals surface area contributed by atoms with Crippen LogP contribution in [0.5, 0.6) is 0 Å². The summed E-state index contributed by atoms with van der Waals surface area (Å²) >= 11 is 11.7. The van der Waals surface area contributed by atoms with Crippen molar-refractivity contribution in [1.82, 2.24) is 4.90 Å². The molecule has 1 aliphatic heterocycles. The van der Waals surface area contributed by atoms with Gasteiger partial charge < -0.3 is 10.2 Å². The van der Waals surface area contributed by atoms with Gasteiger partial charge >= 0.3 is 6.03 Å². The number of carbonyl (C=O) groups is 2. The number of hydrogen-bond acceptors (Lipinski definition) is 2. The molecular weight excluding hydrogens is 299 g/mol. The molecule has 4 nitrogen and oxygen atoms in total. The molecule has 1 atom stereocenters. The number of likely N-dealkylation sites (tertiary alicyclic amines) is 1. The van der Waals surface area contributed by atoms with Crippen molar-refractivity contribution in [1.29, 1.82) is 0 Å². The standard InChI is InChI=1S/C14H16Cl2N2O2/c1-9(19)7-11-3-2-6-18(11)14(20)17-10-4-5-12(15)13(16)8-10/h4-5,8,11H,2-3,6-7H2,1H3,(H,17,20). The summed E-state index contributed by atoms with van der Waals surface area (Å²) in [6.07, 6.45) is 2.20. The number of hydrogen-bond donors (Lipinski definition) is 1. The fourth-order valence-electron chi connectivity index (χ4n) is 2.42. The highest BCUT2D eigenvalue weighted by Gasteiger charge is 2.29. The Morgan fingerprint density at radius 2 is 2.10 bits per heavy atom. The van der Waals surface area contributed by atoms with Gasteiger partial charge in [0.1, 0.15) is 5.78 Å². The van der Waals surface area contributed by atoms with Gasteiger partial charge in [-0.3, -0.25) is 4.79 Å². The van der Waals surface area contributed by atoms with Crippen molar-refractivity contribution < 1.29 is 9.59 Å². The SMILES string of the molecule is CC(=O)CC1CCCN1C(=O)Nc1ccc(Cl)c(Cl)c1. The van der Waals surface area contributed by atoms with E-state index in [0.29, 0.717) is 28.7 Å². The molecule has 0 radical (unpaired) electrons. The minimum Gasteiger partial charge on any atom is -0.321 e. The molecule has 1 aromatic carbocycles. The van der Waals surface area contributed by atoms with Crippen LogP contribution in [0, 0.1) is 0 Å². The molecule has 0 bridgehead atoms. The van der Waals surface area contributed by atoms with Crippen molar-refractivity contribution in [2.24, 2.45) is 0 Å². The average Bonchev–Trinajstić information content (AvgIpc) is 2.81. The third kappa shape index (κ3) is 3.64. The van der Waals surface area contributed by atoms with E-state index in [-0.39, 0.29) is 17.9 Å². The number of amides is 2. The number of ketones is 1. The van der Waals surface area contributed by atoms with E-state index >= 15 is 0 Å². The molecule has 1 aliphatic rings. The zero-order valence-corrected chi connectivity index (χ0v) is 12.7.